The number of rotatable bonds is 1. The normalized spacial score (nSPS) is 12.1. The number of halogens is 1. The van der Waals surface area contributed by atoms with Crippen molar-refractivity contribution in [2.45, 2.75) is 4.90 Å². The smallest absolute Gasteiger partial charge is 0.282 e. The molecule has 0 saturated heterocycles. The molecule has 0 radical (unpaired) electrons. The largest absolute Gasteiger partial charge is 0.296 e. The Kier molecular flexibility index (Phi) is 1.76. The lowest BCUT2D eigenvalue weighted by molar-refractivity contribution is 0.314. The molecular weight excluding hydrogens is 215 g/mol. The summed E-state index contributed by atoms with van der Waals surface area (Å²) in [4.78, 5) is -0.532. The van der Waals surface area contributed by atoms with E-state index in [2.05, 4.69) is 14.9 Å². The number of hydrogen-bond donors (Lipinski definition) is 1. The Morgan fingerprint density at radius 1 is 1.29 bits per heavy atom. The third-order valence-electron chi connectivity index (χ3n) is 1.61. The van der Waals surface area contributed by atoms with Crippen LogP contribution < -0.4 is 0 Å². The molecule has 0 spiro atoms. The van der Waals surface area contributed by atoms with E-state index in [0.29, 0.717) is 0 Å². The molecule has 74 valence electrons. The minimum Gasteiger partial charge on any atom is -0.282 e. The molecule has 14 heavy (non-hydrogen) atoms. The van der Waals surface area contributed by atoms with Crippen molar-refractivity contribution in [3.05, 3.63) is 17.9 Å². The van der Waals surface area contributed by atoms with Gasteiger partial charge < -0.3 is 0 Å². The van der Waals surface area contributed by atoms with E-state index in [9.17, 15) is 12.8 Å². The summed E-state index contributed by atoms with van der Waals surface area (Å²) in [5.41, 5.74) is -0.660. The summed E-state index contributed by atoms with van der Waals surface area (Å²) in [7, 11) is -4.45. The average Bonchev–Trinajstić information content (AvgIpc) is 2.50. The highest BCUT2D eigenvalue weighted by atomic mass is 32.2. The van der Waals surface area contributed by atoms with Gasteiger partial charge in [-0.3, -0.25) is 4.55 Å². The molecule has 2 rings (SSSR count). The molecule has 0 aliphatic carbocycles. The van der Waals surface area contributed by atoms with E-state index in [1.165, 1.54) is 0 Å². The lowest BCUT2D eigenvalue weighted by Gasteiger charge is -1.95. The molecule has 0 saturated carbocycles. The third kappa shape index (κ3) is 1.24. The standard InChI is InChI=1S/C6H3FN2O4S/c7-3-1-2-4(14(10,11)12)6-5(3)8-13-9-6/h1-2H,(H,10,11,12). The molecular formula is C6H3FN2O4S. The number of hydrogen-bond acceptors (Lipinski definition) is 5. The SMILES string of the molecule is O=S(=O)(O)c1ccc(F)c2nonc12. The van der Waals surface area contributed by atoms with Crippen LogP contribution >= 0.6 is 0 Å². The van der Waals surface area contributed by atoms with Gasteiger partial charge in [-0.15, -0.1) is 0 Å². The molecule has 0 aliphatic heterocycles. The van der Waals surface area contributed by atoms with Crippen molar-refractivity contribution in [3.8, 4) is 0 Å². The Morgan fingerprint density at radius 3 is 2.57 bits per heavy atom. The van der Waals surface area contributed by atoms with Gasteiger partial charge in [0, 0.05) is 0 Å². The number of benzene rings is 1. The lowest BCUT2D eigenvalue weighted by atomic mass is 10.3. The first-order chi connectivity index (χ1) is 6.50. The van der Waals surface area contributed by atoms with Crippen LogP contribution in [-0.2, 0) is 10.1 Å². The molecule has 0 fully saturated rings. The van der Waals surface area contributed by atoms with Gasteiger partial charge in [0.1, 0.15) is 4.90 Å². The summed E-state index contributed by atoms with van der Waals surface area (Å²) < 4.78 is 47.4. The molecule has 8 heteroatoms. The monoisotopic (exact) mass is 218 g/mol. The predicted molar refractivity (Wildman–Crippen MR) is 41.6 cm³/mol. The second-order valence-electron chi connectivity index (χ2n) is 2.48. The lowest BCUT2D eigenvalue weighted by Crippen LogP contribution is -1.99. The maximum absolute atomic E-state index is 12.9. The molecule has 0 bridgehead atoms. The quantitative estimate of drug-likeness (QED) is 0.705. The Morgan fingerprint density at radius 2 is 1.93 bits per heavy atom. The van der Waals surface area contributed by atoms with Crippen molar-refractivity contribution >= 4 is 21.2 Å². The van der Waals surface area contributed by atoms with Crippen LogP contribution in [0, 0.1) is 5.82 Å². The van der Waals surface area contributed by atoms with Crippen LogP contribution in [0.5, 0.6) is 0 Å². The zero-order valence-corrected chi connectivity index (χ0v) is 7.32. The minimum atomic E-state index is -4.45. The van der Waals surface area contributed by atoms with E-state index in [1.54, 1.807) is 0 Å². The fraction of sp³-hybridized carbons (Fsp3) is 0. The Hall–Kier alpha value is -1.54. The molecule has 1 aromatic heterocycles. The van der Waals surface area contributed by atoms with Gasteiger partial charge in [0.25, 0.3) is 10.1 Å². The van der Waals surface area contributed by atoms with Crippen LogP contribution in [0.25, 0.3) is 11.0 Å². The fourth-order valence-electron chi connectivity index (χ4n) is 1.02. The Labute approximate surface area is 77.0 Å². The third-order valence-corrected chi connectivity index (χ3v) is 2.49. The van der Waals surface area contributed by atoms with Crippen molar-refractivity contribution in [1.29, 1.82) is 0 Å². The summed E-state index contributed by atoms with van der Waals surface area (Å²) >= 11 is 0. The molecule has 0 amide bonds. The van der Waals surface area contributed by atoms with Gasteiger partial charge in [0.05, 0.1) is 0 Å². The van der Waals surface area contributed by atoms with Crippen molar-refractivity contribution in [2.24, 2.45) is 0 Å². The predicted octanol–water partition coefficient (Wildman–Crippen LogP) is 0.609. The first-order valence-electron chi connectivity index (χ1n) is 3.38. The molecule has 0 unspecified atom stereocenters. The van der Waals surface area contributed by atoms with Crippen LogP contribution in [0.2, 0.25) is 0 Å². The molecule has 1 aromatic carbocycles. The average molecular weight is 218 g/mol. The molecule has 0 atom stereocenters. The topological polar surface area (TPSA) is 93.3 Å². The van der Waals surface area contributed by atoms with Crippen LogP contribution in [0.15, 0.2) is 21.7 Å². The summed E-state index contributed by atoms with van der Waals surface area (Å²) in [6.45, 7) is 0. The van der Waals surface area contributed by atoms with Crippen LogP contribution in [-0.4, -0.2) is 23.3 Å². The first-order valence-corrected chi connectivity index (χ1v) is 4.82. The van der Waals surface area contributed by atoms with E-state index < -0.39 is 20.8 Å². The van der Waals surface area contributed by atoms with Gasteiger partial charge >= 0.3 is 0 Å². The molecule has 1 heterocycles. The van der Waals surface area contributed by atoms with Gasteiger partial charge in [-0.1, -0.05) is 0 Å². The van der Waals surface area contributed by atoms with E-state index in [1.807, 2.05) is 0 Å². The highest BCUT2D eigenvalue weighted by molar-refractivity contribution is 7.86. The van der Waals surface area contributed by atoms with Crippen LogP contribution in [0.1, 0.15) is 0 Å². The second-order valence-corrected chi connectivity index (χ2v) is 3.87. The van der Waals surface area contributed by atoms with Gasteiger partial charge in [-0.2, -0.15) is 8.42 Å². The van der Waals surface area contributed by atoms with Crippen molar-refractivity contribution in [1.82, 2.24) is 10.3 Å². The van der Waals surface area contributed by atoms with E-state index >= 15 is 0 Å². The first kappa shape index (κ1) is 9.03. The number of nitrogens with zero attached hydrogens (tertiary/aromatic N) is 2. The highest BCUT2D eigenvalue weighted by Crippen LogP contribution is 2.21. The van der Waals surface area contributed by atoms with E-state index in [-0.39, 0.29) is 11.0 Å². The van der Waals surface area contributed by atoms with Gasteiger partial charge in [-0.05, 0) is 22.4 Å². The number of fused-ring (bicyclic) bond motifs is 1. The van der Waals surface area contributed by atoms with Crippen molar-refractivity contribution in [3.63, 3.8) is 0 Å². The number of aromatic nitrogens is 2. The van der Waals surface area contributed by atoms with Crippen LogP contribution in [0.4, 0.5) is 4.39 Å². The van der Waals surface area contributed by atoms with Gasteiger partial charge in [0.2, 0.25) is 0 Å². The Bertz CT molecular complexity index is 591. The Balaban J connectivity index is 2.93. The van der Waals surface area contributed by atoms with E-state index in [4.69, 9.17) is 4.55 Å². The van der Waals surface area contributed by atoms with Crippen molar-refractivity contribution < 1.29 is 22.0 Å². The molecule has 0 aliphatic rings. The maximum Gasteiger partial charge on any atom is 0.296 e. The zero-order valence-electron chi connectivity index (χ0n) is 6.51. The van der Waals surface area contributed by atoms with Crippen molar-refractivity contribution in [2.75, 3.05) is 0 Å². The summed E-state index contributed by atoms with van der Waals surface area (Å²) in [5.74, 6) is -0.770. The van der Waals surface area contributed by atoms with E-state index in [0.717, 1.165) is 12.1 Å². The molecule has 6 nitrogen and oxygen atoms in total. The van der Waals surface area contributed by atoms with Gasteiger partial charge in [-0.25, -0.2) is 9.02 Å². The second kappa shape index (κ2) is 2.72. The minimum absolute atomic E-state index is 0.326. The zero-order chi connectivity index (χ0) is 10.3. The maximum atomic E-state index is 12.9. The van der Waals surface area contributed by atoms with Crippen LogP contribution in [0.3, 0.4) is 0 Å². The summed E-state index contributed by atoms with van der Waals surface area (Å²) in [6.07, 6.45) is 0. The highest BCUT2D eigenvalue weighted by Gasteiger charge is 2.19. The summed E-state index contributed by atoms with van der Waals surface area (Å²) in [6, 6.07) is 1.74. The summed E-state index contributed by atoms with van der Waals surface area (Å²) in [5, 5.41) is 6.34. The van der Waals surface area contributed by atoms with Gasteiger partial charge in [0.15, 0.2) is 16.9 Å². The fourth-order valence-corrected chi connectivity index (χ4v) is 1.64. The molecule has 1 N–H and O–H groups in total. The molecule has 2 aromatic rings.